The quantitative estimate of drug-likeness (QED) is 0.853. The first-order valence-electron chi connectivity index (χ1n) is 6.89. The van der Waals surface area contributed by atoms with Gasteiger partial charge in [-0.3, -0.25) is 9.59 Å². The zero-order valence-corrected chi connectivity index (χ0v) is 12.4. The number of hydrogen-bond donors (Lipinski definition) is 1. The SMILES string of the molecule is C[C@@H](C(=O)NCC(=O)C1CC1)n1nnnc1C(C)(C)C. The second-order valence-electron chi connectivity index (χ2n) is 6.33. The fraction of sp³-hybridized carbons (Fsp3) is 0.769. The smallest absolute Gasteiger partial charge is 0.245 e. The van der Waals surface area contributed by atoms with E-state index in [1.165, 1.54) is 4.68 Å². The van der Waals surface area contributed by atoms with Gasteiger partial charge in [0.1, 0.15) is 6.04 Å². The summed E-state index contributed by atoms with van der Waals surface area (Å²) in [6, 6.07) is -0.536. The van der Waals surface area contributed by atoms with Crippen molar-refractivity contribution in [2.75, 3.05) is 6.54 Å². The minimum Gasteiger partial charge on any atom is -0.347 e. The maximum absolute atomic E-state index is 12.1. The van der Waals surface area contributed by atoms with Gasteiger partial charge in [-0.25, -0.2) is 4.68 Å². The molecule has 1 fully saturated rings. The van der Waals surface area contributed by atoms with E-state index in [4.69, 9.17) is 0 Å². The van der Waals surface area contributed by atoms with Gasteiger partial charge < -0.3 is 5.32 Å². The number of ketones is 1. The van der Waals surface area contributed by atoms with Crippen molar-refractivity contribution >= 4 is 11.7 Å². The Bertz CT molecular complexity index is 513. The number of aromatic nitrogens is 4. The average molecular weight is 279 g/mol. The fourth-order valence-electron chi connectivity index (χ4n) is 1.93. The molecule has 0 spiro atoms. The summed E-state index contributed by atoms with van der Waals surface area (Å²) < 4.78 is 1.51. The Kier molecular flexibility index (Phi) is 3.87. The van der Waals surface area contributed by atoms with Crippen molar-refractivity contribution < 1.29 is 9.59 Å². The lowest BCUT2D eigenvalue weighted by Crippen LogP contribution is -2.37. The van der Waals surface area contributed by atoms with Crippen molar-refractivity contribution in [3.05, 3.63) is 5.82 Å². The van der Waals surface area contributed by atoms with Crippen LogP contribution in [0.2, 0.25) is 0 Å². The lowest BCUT2D eigenvalue weighted by atomic mass is 9.95. The summed E-state index contributed by atoms with van der Waals surface area (Å²) in [5.41, 5.74) is -0.248. The average Bonchev–Trinajstić information content (AvgIpc) is 3.09. The van der Waals surface area contributed by atoms with Gasteiger partial charge in [0.05, 0.1) is 6.54 Å². The Hall–Kier alpha value is -1.79. The predicted molar refractivity (Wildman–Crippen MR) is 72.0 cm³/mol. The number of hydrogen-bond acceptors (Lipinski definition) is 5. The molecule has 20 heavy (non-hydrogen) atoms. The molecule has 110 valence electrons. The molecule has 2 rings (SSSR count). The van der Waals surface area contributed by atoms with Gasteiger partial charge in [0.2, 0.25) is 5.91 Å². The van der Waals surface area contributed by atoms with Gasteiger partial charge >= 0.3 is 0 Å². The first-order valence-corrected chi connectivity index (χ1v) is 6.89. The Morgan fingerprint density at radius 1 is 1.40 bits per heavy atom. The summed E-state index contributed by atoms with van der Waals surface area (Å²) in [4.78, 5) is 23.7. The van der Waals surface area contributed by atoms with E-state index >= 15 is 0 Å². The monoisotopic (exact) mass is 279 g/mol. The molecule has 0 aromatic carbocycles. The van der Waals surface area contributed by atoms with Crippen molar-refractivity contribution in [2.24, 2.45) is 5.92 Å². The minimum atomic E-state index is -0.536. The molecule has 1 N–H and O–H groups in total. The van der Waals surface area contributed by atoms with Crippen molar-refractivity contribution in [3.63, 3.8) is 0 Å². The van der Waals surface area contributed by atoms with Crippen molar-refractivity contribution in [3.8, 4) is 0 Å². The summed E-state index contributed by atoms with van der Waals surface area (Å²) in [5, 5.41) is 14.2. The molecular weight excluding hydrogens is 258 g/mol. The number of nitrogens with zero attached hydrogens (tertiary/aromatic N) is 4. The van der Waals surface area contributed by atoms with Gasteiger partial charge in [-0.1, -0.05) is 20.8 Å². The zero-order valence-electron chi connectivity index (χ0n) is 12.4. The first kappa shape index (κ1) is 14.6. The molecule has 0 radical (unpaired) electrons. The van der Waals surface area contributed by atoms with Gasteiger partial charge in [-0.15, -0.1) is 5.10 Å². The summed E-state index contributed by atoms with van der Waals surface area (Å²) in [7, 11) is 0. The van der Waals surface area contributed by atoms with E-state index in [2.05, 4.69) is 20.8 Å². The van der Waals surface area contributed by atoms with Crippen LogP contribution in [0.3, 0.4) is 0 Å². The Balaban J connectivity index is 1.99. The summed E-state index contributed by atoms with van der Waals surface area (Å²) in [5.74, 6) is 0.674. The highest BCUT2D eigenvalue weighted by atomic mass is 16.2. The van der Waals surface area contributed by atoms with Crippen molar-refractivity contribution in [2.45, 2.75) is 52.0 Å². The van der Waals surface area contributed by atoms with Gasteiger partial charge in [-0.2, -0.15) is 0 Å². The molecule has 1 heterocycles. The van der Waals surface area contributed by atoms with E-state index in [9.17, 15) is 9.59 Å². The van der Waals surface area contributed by atoms with Crippen LogP contribution in [0.5, 0.6) is 0 Å². The predicted octanol–water partition coefficient (Wildman–Crippen LogP) is 0.627. The Labute approximate surface area is 118 Å². The zero-order chi connectivity index (χ0) is 14.9. The van der Waals surface area contributed by atoms with E-state index in [1.54, 1.807) is 6.92 Å². The topological polar surface area (TPSA) is 89.8 Å². The van der Waals surface area contributed by atoms with Gasteiger partial charge in [-0.05, 0) is 30.2 Å². The number of carbonyl (C=O) groups excluding carboxylic acids is 2. The number of nitrogens with one attached hydrogen (secondary N) is 1. The first-order chi connectivity index (χ1) is 9.30. The standard InChI is InChI=1S/C13H21N5O2/c1-8(11(20)14-7-10(19)9-5-6-9)18-12(13(2,3)4)15-16-17-18/h8-9H,5-7H2,1-4H3,(H,14,20)/t8-/m0/s1. The molecule has 1 aromatic rings. The molecule has 0 unspecified atom stereocenters. The number of rotatable bonds is 5. The molecule has 1 atom stereocenters. The number of tetrazole rings is 1. The van der Waals surface area contributed by atoms with Crippen molar-refractivity contribution in [1.29, 1.82) is 0 Å². The molecule has 1 aliphatic carbocycles. The van der Waals surface area contributed by atoms with Crippen LogP contribution >= 0.6 is 0 Å². The molecule has 0 bridgehead atoms. The number of amides is 1. The van der Waals surface area contributed by atoms with Crippen LogP contribution in [0.25, 0.3) is 0 Å². The van der Waals surface area contributed by atoms with Gasteiger partial charge in [0.15, 0.2) is 11.6 Å². The highest BCUT2D eigenvalue weighted by Gasteiger charge is 2.31. The van der Waals surface area contributed by atoms with E-state index in [0.29, 0.717) is 5.82 Å². The summed E-state index contributed by atoms with van der Waals surface area (Å²) in [6.07, 6.45) is 1.90. The second-order valence-corrected chi connectivity index (χ2v) is 6.33. The van der Waals surface area contributed by atoms with Crippen LogP contribution in [0.4, 0.5) is 0 Å². The van der Waals surface area contributed by atoms with E-state index in [0.717, 1.165) is 12.8 Å². The highest BCUT2D eigenvalue weighted by Crippen LogP contribution is 2.29. The normalized spacial score (nSPS) is 16.8. The maximum atomic E-state index is 12.1. The lowest BCUT2D eigenvalue weighted by molar-refractivity contribution is -0.127. The third-order valence-corrected chi connectivity index (χ3v) is 3.38. The third-order valence-electron chi connectivity index (χ3n) is 3.38. The van der Waals surface area contributed by atoms with Crippen molar-refractivity contribution in [1.82, 2.24) is 25.5 Å². The third kappa shape index (κ3) is 3.20. The minimum absolute atomic E-state index is 0.0980. The van der Waals surface area contributed by atoms with Crippen LogP contribution in [-0.4, -0.2) is 38.4 Å². The molecule has 7 nitrogen and oxygen atoms in total. The molecular formula is C13H21N5O2. The largest absolute Gasteiger partial charge is 0.347 e. The molecule has 0 aliphatic heterocycles. The van der Waals surface area contributed by atoms with Crippen LogP contribution < -0.4 is 5.32 Å². The molecule has 1 aliphatic rings. The summed E-state index contributed by atoms with van der Waals surface area (Å²) in [6.45, 7) is 7.77. The fourth-order valence-corrected chi connectivity index (χ4v) is 1.93. The Morgan fingerprint density at radius 3 is 2.60 bits per heavy atom. The van der Waals surface area contributed by atoms with E-state index in [-0.39, 0.29) is 29.6 Å². The molecule has 1 saturated carbocycles. The van der Waals surface area contributed by atoms with Gasteiger partial charge in [0.25, 0.3) is 0 Å². The van der Waals surface area contributed by atoms with E-state index < -0.39 is 6.04 Å². The molecule has 1 aromatic heterocycles. The molecule has 1 amide bonds. The van der Waals surface area contributed by atoms with Crippen LogP contribution in [0.15, 0.2) is 0 Å². The molecule has 7 heteroatoms. The van der Waals surface area contributed by atoms with Crippen LogP contribution in [0, 0.1) is 5.92 Å². The van der Waals surface area contributed by atoms with Crippen LogP contribution in [0.1, 0.15) is 52.4 Å². The number of carbonyl (C=O) groups is 2. The van der Waals surface area contributed by atoms with Gasteiger partial charge in [0, 0.05) is 11.3 Å². The summed E-state index contributed by atoms with van der Waals surface area (Å²) >= 11 is 0. The Morgan fingerprint density at radius 2 is 2.05 bits per heavy atom. The number of Topliss-reactive ketones (excluding diaryl/α,β-unsaturated/α-hetero) is 1. The second kappa shape index (κ2) is 5.30. The van der Waals surface area contributed by atoms with Crippen LogP contribution in [-0.2, 0) is 15.0 Å². The molecule has 0 saturated heterocycles. The lowest BCUT2D eigenvalue weighted by Gasteiger charge is -2.20. The highest BCUT2D eigenvalue weighted by molar-refractivity contribution is 5.89. The maximum Gasteiger partial charge on any atom is 0.245 e. The van der Waals surface area contributed by atoms with E-state index in [1.807, 2.05) is 20.8 Å².